The summed E-state index contributed by atoms with van der Waals surface area (Å²) in [5, 5.41) is 16.8. The smallest absolute Gasteiger partial charge is 0.234 e. The van der Waals surface area contributed by atoms with Gasteiger partial charge < -0.3 is 15.7 Å². The SMILES string of the molecule is O=C(CNCC1(O)CCCCCC1)NC1CCCCCC1. The van der Waals surface area contributed by atoms with Crippen LogP contribution in [0.1, 0.15) is 77.0 Å². The molecule has 4 nitrogen and oxygen atoms in total. The first-order valence-corrected chi connectivity index (χ1v) is 8.90. The summed E-state index contributed by atoms with van der Waals surface area (Å²) in [6.45, 7) is 0.879. The number of hydrogen-bond donors (Lipinski definition) is 3. The Morgan fingerprint density at radius 1 is 0.952 bits per heavy atom. The maximum Gasteiger partial charge on any atom is 0.234 e. The zero-order chi connectivity index (χ0) is 15.0. The minimum atomic E-state index is -0.598. The van der Waals surface area contributed by atoms with Crippen LogP contribution in [0.25, 0.3) is 0 Å². The molecule has 4 heteroatoms. The lowest BCUT2D eigenvalue weighted by atomic mass is 9.94. The molecule has 1 amide bonds. The normalized spacial score (nSPS) is 24.0. The Hall–Kier alpha value is -0.610. The van der Waals surface area contributed by atoms with E-state index in [2.05, 4.69) is 10.6 Å². The van der Waals surface area contributed by atoms with Crippen molar-refractivity contribution in [3.63, 3.8) is 0 Å². The second kappa shape index (κ2) is 8.74. The van der Waals surface area contributed by atoms with Crippen LogP contribution in [0.3, 0.4) is 0 Å². The van der Waals surface area contributed by atoms with E-state index in [9.17, 15) is 9.90 Å². The molecular weight excluding hydrogens is 264 g/mol. The van der Waals surface area contributed by atoms with Crippen LogP contribution < -0.4 is 10.6 Å². The van der Waals surface area contributed by atoms with Crippen molar-refractivity contribution in [2.24, 2.45) is 0 Å². The summed E-state index contributed by atoms with van der Waals surface area (Å²) in [4.78, 5) is 12.0. The van der Waals surface area contributed by atoms with E-state index in [1.807, 2.05) is 0 Å². The number of nitrogens with one attached hydrogen (secondary N) is 2. The molecule has 0 atom stereocenters. The third-order valence-corrected chi connectivity index (χ3v) is 4.99. The lowest BCUT2D eigenvalue weighted by Crippen LogP contribution is -2.45. The van der Waals surface area contributed by atoms with Crippen molar-refractivity contribution in [2.45, 2.75) is 88.7 Å². The van der Waals surface area contributed by atoms with E-state index in [-0.39, 0.29) is 5.91 Å². The van der Waals surface area contributed by atoms with Gasteiger partial charge in [-0.2, -0.15) is 0 Å². The molecule has 2 rings (SSSR count). The van der Waals surface area contributed by atoms with E-state index < -0.39 is 5.60 Å². The number of carbonyl (C=O) groups is 1. The predicted octanol–water partition coefficient (Wildman–Crippen LogP) is 2.50. The maximum absolute atomic E-state index is 12.0. The van der Waals surface area contributed by atoms with Gasteiger partial charge in [-0.05, 0) is 25.7 Å². The zero-order valence-electron chi connectivity index (χ0n) is 13.3. The van der Waals surface area contributed by atoms with Crippen LogP contribution in [-0.4, -0.2) is 35.7 Å². The van der Waals surface area contributed by atoms with Gasteiger partial charge in [0.05, 0.1) is 12.1 Å². The van der Waals surface area contributed by atoms with Crippen LogP contribution in [0.5, 0.6) is 0 Å². The Morgan fingerprint density at radius 3 is 2.14 bits per heavy atom. The van der Waals surface area contributed by atoms with Crippen molar-refractivity contribution in [2.75, 3.05) is 13.1 Å². The molecule has 0 aromatic carbocycles. The second-order valence-electron chi connectivity index (χ2n) is 7.00. The summed E-state index contributed by atoms with van der Waals surface area (Å²) in [5.74, 6) is 0.0825. The average Bonchev–Trinajstić information content (AvgIpc) is 2.82. The number of carbonyl (C=O) groups excluding carboxylic acids is 1. The molecule has 0 aromatic rings. The fourth-order valence-corrected chi connectivity index (χ4v) is 3.67. The van der Waals surface area contributed by atoms with Crippen LogP contribution in [0, 0.1) is 0 Å². The number of aliphatic hydroxyl groups is 1. The number of hydrogen-bond acceptors (Lipinski definition) is 3. The summed E-state index contributed by atoms with van der Waals surface area (Å²) in [5.41, 5.74) is -0.598. The topological polar surface area (TPSA) is 61.4 Å². The fraction of sp³-hybridized carbons (Fsp3) is 0.941. The zero-order valence-corrected chi connectivity index (χ0v) is 13.3. The minimum absolute atomic E-state index is 0.0825. The van der Waals surface area contributed by atoms with Gasteiger partial charge >= 0.3 is 0 Å². The van der Waals surface area contributed by atoms with Crippen molar-refractivity contribution in [1.29, 1.82) is 0 Å². The van der Waals surface area contributed by atoms with Crippen LogP contribution in [0.2, 0.25) is 0 Å². The van der Waals surface area contributed by atoms with E-state index in [0.717, 1.165) is 38.5 Å². The lowest BCUT2D eigenvalue weighted by molar-refractivity contribution is -0.121. The summed E-state index contributed by atoms with van der Waals surface area (Å²) in [6, 6.07) is 0.364. The van der Waals surface area contributed by atoms with Crippen molar-refractivity contribution in [3.05, 3.63) is 0 Å². The molecule has 2 saturated carbocycles. The van der Waals surface area contributed by atoms with Gasteiger partial charge in [-0.15, -0.1) is 0 Å². The number of amides is 1. The van der Waals surface area contributed by atoms with E-state index in [1.54, 1.807) is 0 Å². The maximum atomic E-state index is 12.0. The highest BCUT2D eigenvalue weighted by Crippen LogP contribution is 2.26. The summed E-state index contributed by atoms with van der Waals surface area (Å²) >= 11 is 0. The van der Waals surface area contributed by atoms with Gasteiger partial charge in [0.25, 0.3) is 0 Å². The highest BCUT2D eigenvalue weighted by Gasteiger charge is 2.27. The van der Waals surface area contributed by atoms with E-state index >= 15 is 0 Å². The monoisotopic (exact) mass is 296 g/mol. The quantitative estimate of drug-likeness (QED) is 0.683. The van der Waals surface area contributed by atoms with Crippen molar-refractivity contribution >= 4 is 5.91 Å². The summed E-state index contributed by atoms with van der Waals surface area (Å²) in [6.07, 6.45) is 13.7. The third-order valence-electron chi connectivity index (χ3n) is 4.99. The van der Waals surface area contributed by atoms with Crippen LogP contribution in [0.4, 0.5) is 0 Å². The van der Waals surface area contributed by atoms with Crippen molar-refractivity contribution in [3.8, 4) is 0 Å². The standard InChI is InChI=1S/C17H32N2O2/c20-16(19-15-9-5-1-2-6-10-15)13-18-14-17(21)11-7-3-4-8-12-17/h15,18,21H,1-14H2,(H,19,20). The van der Waals surface area contributed by atoms with Crippen LogP contribution in [0.15, 0.2) is 0 Å². The van der Waals surface area contributed by atoms with E-state index in [0.29, 0.717) is 19.1 Å². The van der Waals surface area contributed by atoms with Gasteiger partial charge in [-0.3, -0.25) is 4.79 Å². The molecule has 122 valence electrons. The highest BCUT2D eigenvalue weighted by molar-refractivity contribution is 5.78. The Bertz CT molecular complexity index is 304. The van der Waals surface area contributed by atoms with Crippen molar-refractivity contribution in [1.82, 2.24) is 10.6 Å². The molecule has 0 unspecified atom stereocenters. The number of rotatable bonds is 5. The average molecular weight is 296 g/mol. The summed E-state index contributed by atoms with van der Waals surface area (Å²) in [7, 11) is 0. The molecule has 0 aromatic heterocycles. The molecule has 2 aliphatic rings. The third kappa shape index (κ3) is 6.35. The van der Waals surface area contributed by atoms with E-state index in [1.165, 1.54) is 38.5 Å². The van der Waals surface area contributed by atoms with Crippen molar-refractivity contribution < 1.29 is 9.90 Å². The van der Waals surface area contributed by atoms with Gasteiger partial charge in [-0.1, -0.05) is 51.4 Å². The van der Waals surface area contributed by atoms with Gasteiger partial charge in [0.1, 0.15) is 0 Å². The molecule has 0 saturated heterocycles. The van der Waals surface area contributed by atoms with Crippen LogP contribution in [-0.2, 0) is 4.79 Å². The Balaban J connectivity index is 1.63. The van der Waals surface area contributed by atoms with Gasteiger partial charge in [0.15, 0.2) is 0 Å². The first-order chi connectivity index (χ1) is 10.2. The highest BCUT2D eigenvalue weighted by atomic mass is 16.3. The molecule has 3 N–H and O–H groups in total. The minimum Gasteiger partial charge on any atom is -0.389 e. The second-order valence-corrected chi connectivity index (χ2v) is 7.00. The Labute approximate surface area is 129 Å². The molecule has 2 fully saturated rings. The molecular formula is C17H32N2O2. The molecule has 0 spiro atoms. The van der Waals surface area contributed by atoms with Gasteiger partial charge in [-0.25, -0.2) is 0 Å². The molecule has 0 aliphatic heterocycles. The lowest BCUT2D eigenvalue weighted by Gasteiger charge is -2.27. The first-order valence-electron chi connectivity index (χ1n) is 8.90. The largest absolute Gasteiger partial charge is 0.389 e. The Kier molecular flexibility index (Phi) is 6.97. The van der Waals surface area contributed by atoms with E-state index in [4.69, 9.17) is 0 Å². The fourth-order valence-electron chi connectivity index (χ4n) is 3.67. The molecule has 0 bridgehead atoms. The predicted molar refractivity (Wildman–Crippen MR) is 85.2 cm³/mol. The molecule has 0 radical (unpaired) electrons. The van der Waals surface area contributed by atoms with Gasteiger partial charge in [0.2, 0.25) is 5.91 Å². The van der Waals surface area contributed by atoms with Gasteiger partial charge in [0, 0.05) is 12.6 Å². The Morgan fingerprint density at radius 2 is 1.52 bits per heavy atom. The first kappa shape index (κ1) is 16.8. The molecule has 21 heavy (non-hydrogen) atoms. The van der Waals surface area contributed by atoms with Crippen LogP contribution >= 0.6 is 0 Å². The summed E-state index contributed by atoms with van der Waals surface area (Å²) < 4.78 is 0. The molecule has 0 heterocycles. The molecule has 2 aliphatic carbocycles.